The molecule has 0 saturated carbocycles. The molecule has 2 aromatic rings. The monoisotopic (exact) mass is 255 g/mol. The van der Waals surface area contributed by atoms with Crippen LogP contribution in [0, 0.1) is 11.6 Å². The lowest BCUT2D eigenvalue weighted by molar-refractivity contribution is 0.288. The first-order chi connectivity index (χ1) is 8.20. The van der Waals surface area contributed by atoms with Gasteiger partial charge < -0.3 is 5.11 Å². The van der Waals surface area contributed by atoms with Crippen molar-refractivity contribution >= 4 is 11.3 Å². The third kappa shape index (κ3) is 2.87. The highest BCUT2D eigenvalue weighted by atomic mass is 32.1. The van der Waals surface area contributed by atoms with Gasteiger partial charge in [0.25, 0.3) is 0 Å². The van der Waals surface area contributed by atoms with Gasteiger partial charge in [0.1, 0.15) is 5.01 Å². The van der Waals surface area contributed by atoms with Gasteiger partial charge in [0.05, 0.1) is 5.69 Å². The molecule has 2 nitrogen and oxygen atoms in total. The maximum Gasteiger partial charge on any atom is 0.159 e. The van der Waals surface area contributed by atoms with E-state index in [1.54, 1.807) is 0 Å². The number of hydrogen-bond donors (Lipinski definition) is 1. The van der Waals surface area contributed by atoms with Crippen LogP contribution in [0.2, 0.25) is 0 Å². The summed E-state index contributed by atoms with van der Waals surface area (Å²) in [7, 11) is 0. The van der Waals surface area contributed by atoms with Gasteiger partial charge in [-0.1, -0.05) is 0 Å². The normalized spacial score (nSPS) is 10.8. The predicted octanol–water partition coefficient (Wildman–Crippen LogP) is 3.01. The van der Waals surface area contributed by atoms with Gasteiger partial charge in [-0.3, -0.25) is 0 Å². The summed E-state index contributed by atoms with van der Waals surface area (Å²) >= 11 is 1.39. The van der Waals surface area contributed by atoms with Crippen molar-refractivity contribution in [3.8, 4) is 10.6 Å². The van der Waals surface area contributed by atoms with Gasteiger partial charge in [-0.05, 0) is 31.0 Å². The number of aliphatic hydroxyl groups is 1. The first kappa shape index (κ1) is 12.1. The Hall–Kier alpha value is -1.33. The van der Waals surface area contributed by atoms with Crippen LogP contribution < -0.4 is 0 Å². The number of nitrogens with zero attached hydrogens (tertiary/aromatic N) is 1. The van der Waals surface area contributed by atoms with Crippen LogP contribution in [0.5, 0.6) is 0 Å². The second-order valence-electron chi connectivity index (χ2n) is 3.60. The van der Waals surface area contributed by atoms with E-state index in [2.05, 4.69) is 4.98 Å². The van der Waals surface area contributed by atoms with E-state index in [1.165, 1.54) is 17.4 Å². The van der Waals surface area contributed by atoms with Gasteiger partial charge in [0.2, 0.25) is 0 Å². The zero-order valence-electron chi connectivity index (χ0n) is 8.99. The van der Waals surface area contributed by atoms with Crippen molar-refractivity contribution in [3.05, 3.63) is 40.9 Å². The third-order valence-electron chi connectivity index (χ3n) is 2.31. The Kier molecular flexibility index (Phi) is 3.81. The quantitative estimate of drug-likeness (QED) is 0.911. The van der Waals surface area contributed by atoms with Crippen molar-refractivity contribution in [2.75, 3.05) is 6.61 Å². The van der Waals surface area contributed by atoms with E-state index in [-0.39, 0.29) is 6.61 Å². The molecular weight excluding hydrogens is 244 g/mol. The number of aryl methyl sites for hydroxylation is 1. The van der Waals surface area contributed by atoms with Crippen LogP contribution in [0.4, 0.5) is 8.78 Å². The van der Waals surface area contributed by atoms with Gasteiger partial charge in [-0.2, -0.15) is 0 Å². The minimum Gasteiger partial charge on any atom is -0.396 e. The molecule has 0 aliphatic rings. The molecule has 17 heavy (non-hydrogen) atoms. The van der Waals surface area contributed by atoms with Crippen LogP contribution in [0.3, 0.4) is 0 Å². The fourth-order valence-electron chi connectivity index (χ4n) is 1.44. The first-order valence-corrected chi connectivity index (χ1v) is 6.09. The largest absolute Gasteiger partial charge is 0.396 e. The van der Waals surface area contributed by atoms with Crippen LogP contribution in [-0.2, 0) is 6.42 Å². The molecule has 0 aliphatic carbocycles. The molecule has 0 bridgehead atoms. The molecule has 90 valence electrons. The summed E-state index contributed by atoms with van der Waals surface area (Å²) in [5.41, 5.74) is 1.44. The lowest BCUT2D eigenvalue weighted by Gasteiger charge is -1.97. The molecule has 0 aliphatic heterocycles. The summed E-state index contributed by atoms with van der Waals surface area (Å²) in [5, 5.41) is 11.2. The Morgan fingerprint density at radius 3 is 2.76 bits per heavy atom. The Bertz CT molecular complexity index is 513. The van der Waals surface area contributed by atoms with Crippen molar-refractivity contribution in [2.45, 2.75) is 12.8 Å². The minimum atomic E-state index is -0.866. The van der Waals surface area contributed by atoms with E-state index in [0.29, 0.717) is 23.4 Å². The van der Waals surface area contributed by atoms with Gasteiger partial charge in [0.15, 0.2) is 11.6 Å². The standard InChI is InChI=1S/C12H11F2NOS/c13-10-4-3-8(6-11(10)14)12-15-9(7-17-12)2-1-5-16/h3-4,6-7,16H,1-2,5H2. The van der Waals surface area contributed by atoms with E-state index in [9.17, 15) is 8.78 Å². The molecule has 0 radical (unpaired) electrons. The molecular formula is C12H11F2NOS. The van der Waals surface area contributed by atoms with Crippen molar-refractivity contribution in [2.24, 2.45) is 0 Å². The Balaban J connectivity index is 2.21. The van der Waals surface area contributed by atoms with Gasteiger partial charge in [0, 0.05) is 17.6 Å². The zero-order valence-corrected chi connectivity index (χ0v) is 9.81. The maximum atomic E-state index is 13.0. The molecule has 0 saturated heterocycles. The molecule has 1 aromatic heterocycles. The van der Waals surface area contributed by atoms with E-state index in [0.717, 1.165) is 17.8 Å². The van der Waals surface area contributed by atoms with E-state index in [4.69, 9.17) is 5.11 Å². The lowest BCUT2D eigenvalue weighted by atomic mass is 10.2. The fourth-order valence-corrected chi connectivity index (χ4v) is 2.29. The zero-order chi connectivity index (χ0) is 12.3. The number of rotatable bonds is 4. The van der Waals surface area contributed by atoms with Crippen LogP contribution in [0.1, 0.15) is 12.1 Å². The second kappa shape index (κ2) is 5.33. The van der Waals surface area contributed by atoms with E-state index >= 15 is 0 Å². The molecule has 0 unspecified atom stereocenters. The average molecular weight is 255 g/mol. The summed E-state index contributed by atoms with van der Waals surface area (Å²) in [6, 6.07) is 3.75. The Labute approximate surface area is 102 Å². The molecule has 5 heteroatoms. The highest BCUT2D eigenvalue weighted by Crippen LogP contribution is 2.25. The highest BCUT2D eigenvalue weighted by Gasteiger charge is 2.08. The maximum absolute atomic E-state index is 13.0. The topological polar surface area (TPSA) is 33.1 Å². The number of thiazole rings is 1. The SMILES string of the molecule is OCCCc1csc(-c2ccc(F)c(F)c2)n1. The molecule has 0 amide bonds. The molecule has 1 heterocycles. The minimum absolute atomic E-state index is 0.123. The lowest BCUT2D eigenvalue weighted by Crippen LogP contribution is -1.90. The average Bonchev–Trinajstić information content (AvgIpc) is 2.79. The summed E-state index contributed by atoms with van der Waals surface area (Å²) in [6.07, 6.45) is 1.34. The summed E-state index contributed by atoms with van der Waals surface area (Å²) < 4.78 is 25.8. The van der Waals surface area contributed by atoms with Crippen LogP contribution >= 0.6 is 11.3 Å². The Morgan fingerprint density at radius 2 is 2.06 bits per heavy atom. The molecule has 1 N–H and O–H groups in total. The number of aromatic nitrogens is 1. The number of hydrogen-bond acceptors (Lipinski definition) is 3. The summed E-state index contributed by atoms with van der Waals surface area (Å²) in [5.74, 6) is -1.72. The highest BCUT2D eigenvalue weighted by molar-refractivity contribution is 7.13. The predicted molar refractivity (Wildman–Crippen MR) is 62.9 cm³/mol. The molecule has 0 spiro atoms. The third-order valence-corrected chi connectivity index (χ3v) is 3.25. The van der Waals surface area contributed by atoms with Crippen LogP contribution in [0.25, 0.3) is 10.6 Å². The van der Waals surface area contributed by atoms with Crippen LogP contribution in [-0.4, -0.2) is 16.7 Å². The Morgan fingerprint density at radius 1 is 1.24 bits per heavy atom. The number of benzene rings is 1. The smallest absolute Gasteiger partial charge is 0.159 e. The van der Waals surface area contributed by atoms with Crippen molar-refractivity contribution < 1.29 is 13.9 Å². The van der Waals surface area contributed by atoms with Crippen molar-refractivity contribution in [1.29, 1.82) is 0 Å². The molecule has 1 aromatic carbocycles. The molecule has 0 fully saturated rings. The van der Waals surface area contributed by atoms with Crippen LogP contribution in [0.15, 0.2) is 23.6 Å². The molecule has 0 atom stereocenters. The summed E-state index contributed by atoms with van der Waals surface area (Å²) in [6.45, 7) is 0.123. The first-order valence-electron chi connectivity index (χ1n) is 5.21. The van der Waals surface area contributed by atoms with Gasteiger partial charge >= 0.3 is 0 Å². The van der Waals surface area contributed by atoms with Crippen molar-refractivity contribution in [3.63, 3.8) is 0 Å². The second-order valence-corrected chi connectivity index (χ2v) is 4.46. The molecule has 2 rings (SSSR count). The van der Waals surface area contributed by atoms with E-state index in [1.807, 2.05) is 5.38 Å². The van der Waals surface area contributed by atoms with Crippen molar-refractivity contribution in [1.82, 2.24) is 4.98 Å². The fraction of sp³-hybridized carbons (Fsp3) is 0.250. The number of aliphatic hydroxyl groups excluding tert-OH is 1. The number of halogens is 2. The van der Waals surface area contributed by atoms with Gasteiger partial charge in [-0.15, -0.1) is 11.3 Å². The van der Waals surface area contributed by atoms with E-state index < -0.39 is 11.6 Å². The van der Waals surface area contributed by atoms with Gasteiger partial charge in [-0.25, -0.2) is 13.8 Å². The summed E-state index contributed by atoms with van der Waals surface area (Å²) in [4.78, 5) is 4.31.